The quantitative estimate of drug-likeness (QED) is 0.805. The van der Waals surface area contributed by atoms with E-state index >= 15 is 0 Å². The molecule has 0 amide bonds. The van der Waals surface area contributed by atoms with Crippen molar-refractivity contribution in [3.05, 3.63) is 39.0 Å². The first-order chi connectivity index (χ1) is 10.6. The lowest BCUT2D eigenvalue weighted by Crippen LogP contribution is -2.30. The van der Waals surface area contributed by atoms with Gasteiger partial charge in [0.2, 0.25) is 0 Å². The first-order valence-electron chi connectivity index (χ1n) is 7.03. The van der Waals surface area contributed by atoms with E-state index in [-0.39, 0.29) is 12.4 Å². The first kappa shape index (κ1) is 15.8. The summed E-state index contributed by atoms with van der Waals surface area (Å²) >= 11 is 0. The Morgan fingerprint density at radius 1 is 1.32 bits per heavy atom. The molecule has 7 heteroatoms. The van der Waals surface area contributed by atoms with E-state index in [2.05, 4.69) is 4.98 Å². The van der Waals surface area contributed by atoms with Gasteiger partial charge in [-0.3, -0.25) is 19.1 Å². The number of carbonyl (C=O) groups is 1. The number of hydrogen-bond acceptors (Lipinski definition) is 5. The number of hydrogen-bond donors (Lipinski definition) is 1. The fourth-order valence-corrected chi connectivity index (χ4v) is 2.24. The van der Waals surface area contributed by atoms with E-state index in [1.165, 1.54) is 11.7 Å². The molecule has 1 heterocycles. The summed E-state index contributed by atoms with van der Waals surface area (Å²) in [5.41, 5.74) is -0.439. The molecule has 2 aromatic rings. The molecular weight excluding hydrogens is 288 g/mol. The topological polar surface area (TPSA) is 90.4 Å². The van der Waals surface area contributed by atoms with Gasteiger partial charge in [-0.05, 0) is 31.5 Å². The molecule has 0 fully saturated rings. The average Bonchev–Trinajstić information content (AvgIpc) is 2.50. The van der Waals surface area contributed by atoms with Gasteiger partial charge in [0, 0.05) is 13.0 Å². The molecule has 1 aromatic heterocycles. The molecule has 0 unspecified atom stereocenters. The van der Waals surface area contributed by atoms with E-state index in [0.29, 0.717) is 36.2 Å². The number of nitrogens with zero attached hydrogens (tertiary/aromatic N) is 1. The zero-order chi connectivity index (χ0) is 16.1. The van der Waals surface area contributed by atoms with Crippen molar-refractivity contribution >= 4 is 16.9 Å². The molecule has 0 aliphatic rings. The Kier molecular flexibility index (Phi) is 4.98. The largest absolute Gasteiger partial charge is 0.497 e. The highest BCUT2D eigenvalue weighted by Crippen LogP contribution is 2.16. The van der Waals surface area contributed by atoms with Crippen LogP contribution < -0.4 is 16.0 Å². The Bertz CT molecular complexity index is 791. The van der Waals surface area contributed by atoms with E-state index in [1.807, 2.05) is 0 Å². The SMILES string of the molecule is CCOC(=O)CCCn1c(=O)[nH]c(=O)c2cc(OC)ccc21. The number of aromatic amines is 1. The van der Waals surface area contributed by atoms with Crippen LogP contribution in [-0.2, 0) is 16.1 Å². The van der Waals surface area contributed by atoms with E-state index in [9.17, 15) is 14.4 Å². The molecule has 0 saturated heterocycles. The fraction of sp³-hybridized carbons (Fsp3) is 0.400. The summed E-state index contributed by atoms with van der Waals surface area (Å²) in [4.78, 5) is 37.5. The van der Waals surface area contributed by atoms with Crippen LogP contribution in [0.5, 0.6) is 5.75 Å². The standard InChI is InChI=1S/C15H18N2O5/c1-3-22-13(18)5-4-8-17-12-7-6-10(21-2)9-11(12)14(19)16-15(17)20/h6-7,9H,3-5,8H2,1-2H3,(H,16,19,20). The van der Waals surface area contributed by atoms with Gasteiger partial charge in [0.1, 0.15) is 5.75 Å². The van der Waals surface area contributed by atoms with Gasteiger partial charge >= 0.3 is 11.7 Å². The number of esters is 1. The lowest BCUT2D eigenvalue weighted by atomic mass is 10.2. The van der Waals surface area contributed by atoms with E-state index in [4.69, 9.17) is 9.47 Å². The van der Waals surface area contributed by atoms with E-state index < -0.39 is 11.2 Å². The van der Waals surface area contributed by atoms with Gasteiger partial charge in [-0.1, -0.05) is 0 Å². The molecule has 0 aliphatic heterocycles. The summed E-state index contributed by atoms with van der Waals surface area (Å²) in [5.74, 6) is 0.237. The van der Waals surface area contributed by atoms with Gasteiger partial charge in [-0.2, -0.15) is 0 Å². The number of benzene rings is 1. The summed E-state index contributed by atoms with van der Waals surface area (Å²) in [6.45, 7) is 2.39. The van der Waals surface area contributed by atoms with Gasteiger partial charge in [-0.15, -0.1) is 0 Å². The summed E-state index contributed by atoms with van der Waals surface area (Å²) in [6.07, 6.45) is 0.670. The van der Waals surface area contributed by atoms with Crippen LogP contribution in [0.4, 0.5) is 0 Å². The van der Waals surface area contributed by atoms with Crippen molar-refractivity contribution in [3.63, 3.8) is 0 Å². The predicted molar refractivity (Wildman–Crippen MR) is 81.2 cm³/mol. The van der Waals surface area contributed by atoms with Crippen LogP contribution in [0.3, 0.4) is 0 Å². The number of aromatic nitrogens is 2. The molecule has 0 saturated carbocycles. The van der Waals surface area contributed by atoms with Crippen LogP contribution in [0.1, 0.15) is 19.8 Å². The highest BCUT2D eigenvalue weighted by atomic mass is 16.5. The van der Waals surface area contributed by atoms with Crippen molar-refractivity contribution in [2.24, 2.45) is 0 Å². The van der Waals surface area contributed by atoms with Crippen molar-refractivity contribution in [1.29, 1.82) is 0 Å². The summed E-state index contributed by atoms with van der Waals surface area (Å²) in [5, 5.41) is 0.370. The second kappa shape index (κ2) is 6.93. The molecule has 0 aliphatic carbocycles. The highest BCUT2D eigenvalue weighted by molar-refractivity contribution is 5.79. The van der Waals surface area contributed by atoms with Crippen molar-refractivity contribution in [2.45, 2.75) is 26.3 Å². The Balaban J connectivity index is 2.31. The van der Waals surface area contributed by atoms with Crippen molar-refractivity contribution in [1.82, 2.24) is 9.55 Å². The Morgan fingerprint density at radius 2 is 2.09 bits per heavy atom. The van der Waals surface area contributed by atoms with Crippen LogP contribution in [-0.4, -0.2) is 29.2 Å². The van der Waals surface area contributed by atoms with Gasteiger partial charge in [0.25, 0.3) is 5.56 Å². The predicted octanol–water partition coefficient (Wildman–Crippen LogP) is 1.04. The number of methoxy groups -OCH3 is 1. The lowest BCUT2D eigenvalue weighted by molar-refractivity contribution is -0.143. The summed E-state index contributed by atoms with van der Waals surface area (Å²) in [7, 11) is 1.50. The van der Waals surface area contributed by atoms with Gasteiger partial charge in [0.15, 0.2) is 0 Å². The molecule has 0 radical (unpaired) electrons. The Labute approximate surface area is 126 Å². The Morgan fingerprint density at radius 3 is 2.77 bits per heavy atom. The third-order valence-electron chi connectivity index (χ3n) is 3.27. The van der Waals surface area contributed by atoms with Crippen LogP contribution >= 0.6 is 0 Å². The van der Waals surface area contributed by atoms with Gasteiger partial charge in [-0.25, -0.2) is 4.79 Å². The lowest BCUT2D eigenvalue weighted by Gasteiger charge is -2.10. The third-order valence-corrected chi connectivity index (χ3v) is 3.27. The van der Waals surface area contributed by atoms with Crippen molar-refractivity contribution in [3.8, 4) is 5.75 Å². The van der Waals surface area contributed by atoms with Crippen LogP contribution in [0.15, 0.2) is 27.8 Å². The number of rotatable bonds is 6. The molecule has 118 valence electrons. The number of carbonyl (C=O) groups excluding carboxylic acids is 1. The molecule has 1 aromatic carbocycles. The van der Waals surface area contributed by atoms with Crippen molar-refractivity contribution in [2.75, 3.05) is 13.7 Å². The van der Waals surface area contributed by atoms with E-state index in [1.54, 1.807) is 25.1 Å². The minimum Gasteiger partial charge on any atom is -0.497 e. The van der Waals surface area contributed by atoms with Crippen LogP contribution in [0.2, 0.25) is 0 Å². The molecule has 0 bridgehead atoms. The summed E-state index contributed by atoms with van der Waals surface area (Å²) in [6, 6.07) is 4.92. The fourth-order valence-electron chi connectivity index (χ4n) is 2.24. The maximum absolute atomic E-state index is 12.0. The molecule has 7 nitrogen and oxygen atoms in total. The van der Waals surface area contributed by atoms with Gasteiger partial charge < -0.3 is 9.47 Å². The molecular formula is C15H18N2O5. The second-order valence-corrected chi connectivity index (χ2v) is 4.70. The smallest absolute Gasteiger partial charge is 0.328 e. The summed E-state index contributed by atoms with van der Waals surface area (Å²) < 4.78 is 11.4. The van der Waals surface area contributed by atoms with E-state index in [0.717, 1.165) is 0 Å². The second-order valence-electron chi connectivity index (χ2n) is 4.70. The molecule has 1 N–H and O–H groups in total. The molecule has 0 atom stereocenters. The zero-order valence-corrected chi connectivity index (χ0v) is 12.5. The number of ether oxygens (including phenoxy) is 2. The number of nitrogens with one attached hydrogen (secondary N) is 1. The minimum atomic E-state index is -0.494. The van der Waals surface area contributed by atoms with Gasteiger partial charge in [0.05, 0.1) is 24.6 Å². The third kappa shape index (κ3) is 3.36. The zero-order valence-electron chi connectivity index (χ0n) is 12.5. The number of aryl methyl sites for hydroxylation is 1. The highest BCUT2D eigenvalue weighted by Gasteiger charge is 2.09. The van der Waals surface area contributed by atoms with Crippen molar-refractivity contribution < 1.29 is 14.3 Å². The molecule has 22 heavy (non-hydrogen) atoms. The maximum atomic E-state index is 12.0. The Hall–Kier alpha value is -2.57. The number of H-pyrrole nitrogens is 1. The molecule has 0 spiro atoms. The monoisotopic (exact) mass is 306 g/mol. The minimum absolute atomic E-state index is 0.219. The average molecular weight is 306 g/mol. The molecule has 2 rings (SSSR count). The van der Waals surface area contributed by atoms with Crippen LogP contribution in [0.25, 0.3) is 10.9 Å². The first-order valence-corrected chi connectivity index (χ1v) is 7.03. The maximum Gasteiger partial charge on any atom is 0.328 e. The normalized spacial score (nSPS) is 10.6. The number of fused-ring (bicyclic) bond motifs is 1. The van der Waals surface area contributed by atoms with Crippen LogP contribution in [0, 0.1) is 0 Å².